The molecule has 0 spiro atoms. The number of sulfonamides is 1. The lowest BCUT2D eigenvalue weighted by Gasteiger charge is -2.09. The summed E-state index contributed by atoms with van der Waals surface area (Å²) in [6, 6.07) is 5.58. The molecule has 0 heterocycles. The number of nitrogens with one attached hydrogen (secondary N) is 3. The van der Waals surface area contributed by atoms with Gasteiger partial charge in [0.15, 0.2) is 0 Å². The van der Waals surface area contributed by atoms with Gasteiger partial charge < -0.3 is 0 Å². The fraction of sp³-hybridized carbons (Fsp3) is 0.467. The van der Waals surface area contributed by atoms with Crippen LogP contribution in [0.2, 0.25) is 0 Å². The lowest BCUT2D eigenvalue weighted by molar-refractivity contribution is -0.122. The molecule has 1 fully saturated rings. The number of hydrogen-bond acceptors (Lipinski definition) is 4. The second-order valence-electron chi connectivity index (χ2n) is 6.02. The fourth-order valence-electron chi connectivity index (χ4n) is 1.89. The fourth-order valence-corrected chi connectivity index (χ4v) is 3.20. The van der Waals surface area contributed by atoms with E-state index >= 15 is 0 Å². The van der Waals surface area contributed by atoms with Crippen LogP contribution < -0.4 is 15.6 Å². The van der Waals surface area contributed by atoms with Gasteiger partial charge in [-0.15, -0.1) is 0 Å². The predicted molar refractivity (Wildman–Crippen MR) is 84.8 cm³/mol. The minimum atomic E-state index is -3.53. The summed E-state index contributed by atoms with van der Waals surface area (Å²) in [5.41, 5.74) is 4.89. The molecule has 0 aromatic heterocycles. The summed E-state index contributed by atoms with van der Waals surface area (Å²) in [5, 5.41) is 0. The zero-order chi connectivity index (χ0) is 17.0. The molecule has 0 bridgehead atoms. The maximum absolute atomic E-state index is 12.0. The Hall–Kier alpha value is -1.93. The van der Waals surface area contributed by atoms with Crippen LogP contribution in [0.3, 0.4) is 0 Å². The molecule has 7 nitrogen and oxygen atoms in total. The summed E-state index contributed by atoms with van der Waals surface area (Å²) >= 11 is 0. The van der Waals surface area contributed by atoms with Gasteiger partial charge in [0.2, 0.25) is 15.9 Å². The first-order valence-electron chi connectivity index (χ1n) is 7.49. The van der Waals surface area contributed by atoms with Crippen LogP contribution >= 0.6 is 0 Å². The quantitative estimate of drug-likeness (QED) is 0.671. The Labute approximate surface area is 135 Å². The van der Waals surface area contributed by atoms with Crippen molar-refractivity contribution in [2.45, 2.75) is 44.0 Å². The van der Waals surface area contributed by atoms with Crippen molar-refractivity contribution in [1.29, 1.82) is 0 Å². The van der Waals surface area contributed by atoms with E-state index in [0.29, 0.717) is 6.42 Å². The summed E-state index contributed by atoms with van der Waals surface area (Å²) in [6.45, 7) is 3.80. The first kappa shape index (κ1) is 17.4. The van der Waals surface area contributed by atoms with E-state index in [-0.39, 0.29) is 28.3 Å². The zero-order valence-electron chi connectivity index (χ0n) is 13.1. The molecule has 0 saturated heterocycles. The van der Waals surface area contributed by atoms with Crippen molar-refractivity contribution in [3.05, 3.63) is 29.8 Å². The van der Waals surface area contributed by atoms with Crippen molar-refractivity contribution in [1.82, 2.24) is 15.6 Å². The Kier molecular flexibility index (Phi) is 5.38. The van der Waals surface area contributed by atoms with Crippen LogP contribution in [0.4, 0.5) is 0 Å². The largest absolute Gasteiger partial charge is 0.273 e. The molecule has 3 N–H and O–H groups in total. The van der Waals surface area contributed by atoms with Crippen LogP contribution in [0.15, 0.2) is 29.2 Å². The Balaban J connectivity index is 1.93. The van der Waals surface area contributed by atoms with Gasteiger partial charge in [0, 0.05) is 18.0 Å². The van der Waals surface area contributed by atoms with Gasteiger partial charge in [0.25, 0.3) is 5.91 Å². The number of hydrazine groups is 1. The van der Waals surface area contributed by atoms with Crippen molar-refractivity contribution in [3.63, 3.8) is 0 Å². The van der Waals surface area contributed by atoms with E-state index in [1.165, 1.54) is 24.3 Å². The molecule has 1 aliphatic rings. The summed E-state index contributed by atoms with van der Waals surface area (Å²) in [7, 11) is -3.53. The number of carbonyl (C=O) groups is 2. The smallest absolute Gasteiger partial charge is 0.269 e. The lowest BCUT2D eigenvalue weighted by Crippen LogP contribution is -2.42. The molecule has 8 heteroatoms. The summed E-state index contributed by atoms with van der Waals surface area (Å²) < 4.78 is 26.6. The molecular weight excluding hydrogens is 318 g/mol. The van der Waals surface area contributed by atoms with E-state index in [2.05, 4.69) is 15.6 Å². The molecule has 1 aromatic rings. The number of rotatable bonds is 6. The van der Waals surface area contributed by atoms with Crippen molar-refractivity contribution in [2.24, 2.45) is 5.92 Å². The molecule has 2 rings (SSSR count). The highest BCUT2D eigenvalue weighted by atomic mass is 32.2. The zero-order valence-corrected chi connectivity index (χ0v) is 13.9. The van der Waals surface area contributed by atoms with E-state index in [9.17, 15) is 18.0 Å². The van der Waals surface area contributed by atoms with Crippen LogP contribution in [0.25, 0.3) is 0 Å². The van der Waals surface area contributed by atoms with Gasteiger partial charge in [0.1, 0.15) is 0 Å². The Bertz CT molecular complexity index is 679. The molecule has 2 amide bonds. The Morgan fingerprint density at radius 3 is 2.26 bits per heavy atom. The summed E-state index contributed by atoms with van der Waals surface area (Å²) in [5.74, 6) is -0.585. The molecule has 23 heavy (non-hydrogen) atoms. The monoisotopic (exact) mass is 339 g/mol. The number of hydrogen-bond donors (Lipinski definition) is 3. The van der Waals surface area contributed by atoms with Gasteiger partial charge in [-0.2, -0.15) is 0 Å². The highest BCUT2D eigenvalue weighted by Gasteiger charge is 2.27. The molecular formula is C15H21N3O4S. The minimum absolute atomic E-state index is 0.0270. The van der Waals surface area contributed by atoms with Gasteiger partial charge in [-0.3, -0.25) is 20.4 Å². The van der Waals surface area contributed by atoms with Crippen LogP contribution in [-0.4, -0.2) is 26.3 Å². The Morgan fingerprint density at radius 1 is 1.13 bits per heavy atom. The SMILES string of the molecule is CC(C)CC(=O)NNC(=O)c1ccc(S(=O)(=O)NC2CC2)cc1. The Morgan fingerprint density at radius 2 is 1.74 bits per heavy atom. The van der Waals surface area contributed by atoms with E-state index in [4.69, 9.17) is 0 Å². The first-order valence-corrected chi connectivity index (χ1v) is 8.98. The van der Waals surface area contributed by atoms with Crippen LogP contribution in [-0.2, 0) is 14.8 Å². The normalized spacial score (nSPS) is 14.6. The second-order valence-corrected chi connectivity index (χ2v) is 7.73. The maximum Gasteiger partial charge on any atom is 0.269 e. The average Bonchev–Trinajstić information content (AvgIpc) is 3.27. The molecule has 1 saturated carbocycles. The van der Waals surface area contributed by atoms with E-state index < -0.39 is 15.9 Å². The maximum atomic E-state index is 12.0. The highest BCUT2D eigenvalue weighted by molar-refractivity contribution is 7.89. The third-order valence-corrected chi connectivity index (χ3v) is 4.77. The van der Waals surface area contributed by atoms with E-state index in [1.54, 1.807) is 0 Å². The molecule has 0 radical (unpaired) electrons. The molecule has 126 valence electrons. The summed E-state index contributed by atoms with van der Waals surface area (Å²) in [4.78, 5) is 23.5. The van der Waals surface area contributed by atoms with Crippen LogP contribution in [0.1, 0.15) is 43.5 Å². The number of benzene rings is 1. The molecule has 1 aliphatic carbocycles. The van der Waals surface area contributed by atoms with E-state index in [1.807, 2.05) is 13.8 Å². The van der Waals surface area contributed by atoms with Gasteiger partial charge >= 0.3 is 0 Å². The van der Waals surface area contributed by atoms with Crippen molar-refractivity contribution in [3.8, 4) is 0 Å². The minimum Gasteiger partial charge on any atom is -0.273 e. The third kappa shape index (κ3) is 5.33. The average molecular weight is 339 g/mol. The van der Waals surface area contributed by atoms with Crippen molar-refractivity contribution in [2.75, 3.05) is 0 Å². The van der Waals surface area contributed by atoms with Crippen LogP contribution in [0.5, 0.6) is 0 Å². The van der Waals surface area contributed by atoms with Gasteiger partial charge in [-0.05, 0) is 43.0 Å². The van der Waals surface area contributed by atoms with Crippen molar-refractivity contribution >= 4 is 21.8 Å². The van der Waals surface area contributed by atoms with Gasteiger partial charge in [-0.25, -0.2) is 13.1 Å². The molecule has 0 aliphatic heterocycles. The standard InChI is InChI=1S/C15H21N3O4S/c1-10(2)9-14(19)16-17-15(20)11-3-7-13(8-4-11)23(21,22)18-12-5-6-12/h3-4,7-8,10,12,18H,5-6,9H2,1-2H3,(H,16,19)(H,17,20). The molecule has 1 aromatic carbocycles. The van der Waals surface area contributed by atoms with Crippen LogP contribution in [0, 0.1) is 5.92 Å². The van der Waals surface area contributed by atoms with E-state index in [0.717, 1.165) is 12.8 Å². The van der Waals surface area contributed by atoms with Gasteiger partial charge in [-0.1, -0.05) is 13.8 Å². The third-order valence-electron chi connectivity index (χ3n) is 3.24. The predicted octanol–water partition coefficient (Wildman–Crippen LogP) is 0.934. The first-order chi connectivity index (χ1) is 10.8. The topological polar surface area (TPSA) is 104 Å². The number of amides is 2. The van der Waals surface area contributed by atoms with Crippen molar-refractivity contribution < 1.29 is 18.0 Å². The number of carbonyl (C=O) groups excluding carboxylic acids is 2. The molecule has 0 atom stereocenters. The molecule has 0 unspecified atom stereocenters. The summed E-state index contributed by atoms with van der Waals surface area (Å²) in [6.07, 6.45) is 2.02. The van der Waals surface area contributed by atoms with Gasteiger partial charge in [0.05, 0.1) is 4.90 Å². The lowest BCUT2D eigenvalue weighted by atomic mass is 10.1. The second kappa shape index (κ2) is 7.10. The highest BCUT2D eigenvalue weighted by Crippen LogP contribution is 2.22.